The van der Waals surface area contributed by atoms with E-state index < -0.39 is 15.7 Å². The largest absolute Gasteiger partial charge is 0.507 e. The van der Waals surface area contributed by atoms with Crippen LogP contribution >= 0.6 is 0 Å². The molecule has 0 bridgehead atoms. The number of rotatable bonds is 2. The molecule has 0 atom stereocenters. The molecule has 1 aliphatic heterocycles. The van der Waals surface area contributed by atoms with Crippen LogP contribution in [0.3, 0.4) is 0 Å². The lowest BCUT2D eigenvalue weighted by Gasteiger charge is -2.08. The summed E-state index contributed by atoms with van der Waals surface area (Å²) in [6.45, 7) is 1.67. The third-order valence-corrected chi connectivity index (χ3v) is 5.30. The van der Waals surface area contributed by atoms with Crippen LogP contribution in [0.2, 0.25) is 0 Å². The summed E-state index contributed by atoms with van der Waals surface area (Å²) in [5.41, 5.74) is 0.130. The van der Waals surface area contributed by atoms with Crippen LogP contribution in [-0.2, 0) is 14.6 Å². The fourth-order valence-corrected chi connectivity index (χ4v) is 3.88. The van der Waals surface area contributed by atoms with Gasteiger partial charge < -0.3 is 14.9 Å². The smallest absolute Gasteiger partial charge is 0.256 e. The molecule has 2 heterocycles. The summed E-state index contributed by atoms with van der Waals surface area (Å²) >= 11 is 0. The van der Waals surface area contributed by atoms with Crippen molar-refractivity contribution in [3.05, 3.63) is 47.2 Å². The van der Waals surface area contributed by atoms with Crippen LogP contribution < -0.4 is 5.32 Å². The zero-order valence-electron chi connectivity index (χ0n) is 12.2. The number of hydrogen-bond donors (Lipinski definition) is 2. The van der Waals surface area contributed by atoms with Gasteiger partial charge in [-0.05, 0) is 25.5 Å². The standard InChI is InChI=1S/C15H14N2O5S/c1-9-8-13(17-22-9)16-15(19)11-6-7-23(20,21)12-5-3-2-4-10(12)14(11)18/h2-5,8,18H,6-7H2,1H3,(H,16,17,19). The van der Waals surface area contributed by atoms with Crippen molar-refractivity contribution in [2.45, 2.75) is 18.2 Å². The highest BCUT2D eigenvalue weighted by atomic mass is 32.2. The number of aromatic nitrogens is 1. The van der Waals surface area contributed by atoms with Crippen LogP contribution in [0, 0.1) is 6.92 Å². The highest BCUT2D eigenvalue weighted by molar-refractivity contribution is 7.91. The summed E-state index contributed by atoms with van der Waals surface area (Å²) in [6, 6.07) is 7.60. The first-order chi connectivity index (χ1) is 10.9. The summed E-state index contributed by atoms with van der Waals surface area (Å²) in [6.07, 6.45) is -0.0918. The molecule has 120 valence electrons. The minimum absolute atomic E-state index is 0.000761. The minimum atomic E-state index is -3.56. The van der Waals surface area contributed by atoms with E-state index in [-0.39, 0.29) is 39.8 Å². The van der Waals surface area contributed by atoms with Gasteiger partial charge in [-0.3, -0.25) is 4.79 Å². The Morgan fingerprint density at radius 2 is 2.09 bits per heavy atom. The van der Waals surface area contributed by atoms with Gasteiger partial charge in [-0.2, -0.15) is 0 Å². The number of nitrogens with zero attached hydrogens (tertiary/aromatic N) is 1. The molecule has 0 fully saturated rings. The lowest BCUT2D eigenvalue weighted by atomic mass is 10.1. The van der Waals surface area contributed by atoms with Crippen molar-refractivity contribution in [2.75, 3.05) is 11.1 Å². The van der Waals surface area contributed by atoms with Crippen molar-refractivity contribution >= 4 is 27.3 Å². The average Bonchev–Trinajstić information content (AvgIpc) is 2.87. The number of amides is 1. The molecular weight excluding hydrogens is 320 g/mol. The van der Waals surface area contributed by atoms with Gasteiger partial charge in [0.15, 0.2) is 15.7 Å². The second-order valence-corrected chi connectivity index (χ2v) is 7.25. The molecular formula is C15H14N2O5S. The molecule has 8 heteroatoms. The summed E-state index contributed by atoms with van der Waals surface area (Å²) in [7, 11) is -3.56. The van der Waals surface area contributed by atoms with Crippen LogP contribution in [0.1, 0.15) is 17.7 Å². The average molecular weight is 334 g/mol. The Labute approximate surface area is 132 Å². The topological polar surface area (TPSA) is 110 Å². The molecule has 1 aliphatic rings. The molecule has 3 rings (SSSR count). The maximum atomic E-state index is 12.4. The zero-order chi connectivity index (χ0) is 16.6. The van der Waals surface area contributed by atoms with Gasteiger partial charge in [-0.15, -0.1) is 0 Å². The second-order valence-electron chi connectivity index (χ2n) is 5.17. The van der Waals surface area contributed by atoms with Crippen LogP contribution in [0.5, 0.6) is 0 Å². The predicted octanol–water partition coefficient (Wildman–Crippen LogP) is 2.07. The number of sulfone groups is 1. The Morgan fingerprint density at radius 3 is 2.78 bits per heavy atom. The zero-order valence-corrected chi connectivity index (χ0v) is 13.1. The van der Waals surface area contributed by atoms with Gasteiger partial charge in [-0.25, -0.2) is 8.42 Å². The van der Waals surface area contributed by atoms with Crippen molar-refractivity contribution in [2.24, 2.45) is 0 Å². The van der Waals surface area contributed by atoms with Crippen LogP contribution in [0.25, 0.3) is 5.76 Å². The normalized spacial score (nSPS) is 16.6. The summed E-state index contributed by atoms with van der Waals surface area (Å²) in [4.78, 5) is 12.4. The van der Waals surface area contributed by atoms with Gasteiger partial charge in [0, 0.05) is 11.6 Å². The number of fused-ring (bicyclic) bond motifs is 1. The van der Waals surface area contributed by atoms with Crippen molar-refractivity contribution in [3.63, 3.8) is 0 Å². The molecule has 1 aromatic heterocycles. The molecule has 0 radical (unpaired) electrons. The maximum Gasteiger partial charge on any atom is 0.256 e. The summed E-state index contributed by atoms with van der Waals surface area (Å²) in [5, 5.41) is 16.5. The van der Waals surface area contributed by atoms with Crippen molar-refractivity contribution in [1.29, 1.82) is 0 Å². The Kier molecular flexibility index (Phi) is 3.69. The number of hydrogen-bond acceptors (Lipinski definition) is 6. The maximum absolute atomic E-state index is 12.4. The molecule has 2 aromatic rings. The first kappa shape index (κ1) is 15.3. The monoisotopic (exact) mass is 334 g/mol. The van der Waals surface area contributed by atoms with Gasteiger partial charge in [0.1, 0.15) is 11.5 Å². The van der Waals surface area contributed by atoms with Crippen LogP contribution in [-0.4, -0.2) is 30.3 Å². The number of carbonyl (C=O) groups excluding carboxylic acids is 1. The molecule has 1 aromatic carbocycles. The molecule has 7 nitrogen and oxygen atoms in total. The molecule has 23 heavy (non-hydrogen) atoms. The number of aliphatic hydroxyl groups excluding tert-OH is 1. The van der Waals surface area contributed by atoms with Crippen LogP contribution in [0.15, 0.2) is 45.3 Å². The third kappa shape index (κ3) is 2.85. The Hall–Kier alpha value is -2.61. The number of aryl methyl sites for hydroxylation is 1. The number of aliphatic hydroxyl groups is 1. The number of benzene rings is 1. The van der Waals surface area contributed by atoms with Crippen molar-refractivity contribution < 1.29 is 22.8 Å². The number of anilines is 1. The lowest BCUT2D eigenvalue weighted by molar-refractivity contribution is -0.113. The van der Waals surface area contributed by atoms with E-state index in [1.165, 1.54) is 18.2 Å². The lowest BCUT2D eigenvalue weighted by Crippen LogP contribution is -2.17. The molecule has 0 spiro atoms. The van der Waals surface area contributed by atoms with Gasteiger partial charge in [0.25, 0.3) is 5.91 Å². The van der Waals surface area contributed by atoms with Crippen molar-refractivity contribution in [3.8, 4) is 0 Å². The van der Waals surface area contributed by atoms with Crippen molar-refractivity contribution in [1.82, 2.24) is 5.16 Å². The molecule has 0 aliphatic carbocycles. The van der Waals surface area contributed by atoms with E-state index in [0.29, 0.717) is 5.76 Å². The highest BCUT2D eigenvalue weighted by Crippen LogP contribution is 2.31. The Morgan fingerprint density at radius 1 is 1.35 bits per heavy atom. The van der Waals surface area contributed by atoms with Gasteiger partial charge in [0.05, 0.1) is 16.2 Å². The van der Waals surface area contributed by atoms with Gasteiger partial charge in [-0.1, -0.05) is 17.3 Å². The van der Waals surface area contributed by atoms with E-state index in [9.17, 15) is 18.3 Å². The molecule has 1 amide bonds. The highest BCUT2D eigenvalue weighted by Gasteiger charge is 2.29. The van der Waals surface area contributed by atoms with E-state index >= 15 is 0 Å². The predicted molar refractivity (Wildman–Crippen MR) is 82.5 cm³/mol. The molecule has 2 N–H and O–H groups in total. The fraction of sp³-hybridized carbons (Fsp3) is 0.200. The second kappa shape index (κ2) is 5.54. The van der Waals surface area contributed by atoms with E-state index in [1.807, 2.05) is 0 Å². The summed E-state index contributed by atoms with van der Waals surface area (Å²) < 4.78 is 29.4. The third-order valence-electron chi connectivity index (χ3n) is 3.53. The van der Waals surface area contributed by atoms with E-state index in [2.05, 4.69) is 10.5 Å². The fourth-order valence-electron chi connectivity index (χ4n) is 2.40. The molecule has 0 saturated carbocycles. The molecule has 0 saturated heterocycles. The van der Waals surface area contributed by atoms with Crippen LogP contribution in [0.4, 0.5) is 5.82 Å². The first-order valence-electron chi connectivity index (χ1n) is 6.87. The van der Waals surface area contributed by atoms with Gasteiger partial charge in [0.2, 0.25) is 0 Å². The first-order valence-corrected chi connectivity index (χ1v) is 8.52. The minimum Gasteiger partial charge on any atom is -0.507 e. The SMILES string of the molecule is Cc1cc(NC(=O)C2=C(O)c3ccccc3S(=O)(=O)CC2)no1. The number of carbonyl (C=O) groups is 1. The quantitative estimate of drug-likeness (QED) is 0.870. The summed E-state index contributed by atoms with van der Waals surface area (Å²) in [5.74, 6) is -0.475. The van der Waals surface area contributed by atoms with E-state index in [4.69, 9.17) is 4.52 Å². The van der Waals surface area contributed by atoms with Gasteiger partial charge >= 0.3 is 0 Å². The Balaban J connectivity index is 2.01. The van der Waals surface area contributed by atoms with E-state index in [1.54, 1.807) is 19.1 Å². The molecule has 0 unspecified atom stereocenters. The van der Waals surface area contributed by atoms with E-state index in [0.717, 1.165) is 0 Å². The Bertz CT molecular complexity index is 911. The number of nitrogens with one attached hydrogen (secondary N) is 1.